The van der Waals surface area contributed by atoms with Crippen LogP contribution >= 0.6 is 11.8 Å². The number of hydrogen-bond donors (Lipinski definition) is 0. The van der Waals surface area contributed by atoms with Crippen molar-refractivity contribution in [2.45, 2.75) is 15.3 Å². The minimum Gasteiger partial charge on any atom is -0.336 e. The fourth-order valence-corrected chi connectivity index (χ4v) is 5.09. The molecule has 1 heterocycles. The van der Waals surface area contributed by atoms with Crippen LogP contribution in [0, 0.1) is 11.3 Å². The second-order valence-electron chi connectivity index (χ2n) is 6.38. The van der Waals surface area contributed by atoms with Gasteiger partial charge in [0.2, 0.25) is 10.0 Å². The summed E-state index contributed by atoms with van der Waals surface area (Å²) < 4.78 is 65.0. The van der Waals surface area contributed by atoms with E-state index in [1.165, 1.54) is 57.7 Å². The first kappa shape index (κ1) is 22.1. The molecule has 1 saturated heterocycles. The van der Waals surface area contributed by atoms with E-state index in [0.29, 0.717) is 5.56 Å². The molecule has 30 heavy (non-hydrogen) atoms. The Kier molecular flexibility index (Phi) is 6.40. The van der Waals surface area contributed by atoms with E-state index in [1.54, 1.807) is 0 Å². The molecular formula is C19H16F3N3O3S2. The lowest BCUT2D eigenvalue weighted by atomic mass is 10.2. The van der Waals surface area contributed by atoms with E-state index < -0.39 is 21.4 Å². The zero-order valence-corrected chi connectivity index (χ0v) is 17.1. The highest BCUT2D eigenvalue weighted by molar-refractivity contribution is 8.00. The van der Waals surface area contributed by atoms with Gasteiger partial charge in [0.05, 0.1) is 22.1 Å². The predicted molar refractivity (Wildman–Crippen MR) is 104 cm³/mol. The number of benzene rings is 2. The van der Waals surface area contributed by atoms with Crippen molar-refractivity contribution in [3.8, 4) is 6.07 Å². The second-order valence-corrected chi connectivity index (χ2v) is 9.42. The Balaban J connectivity index is 1.71. The molecule has 0 radical (unpaired) electrons. The predicted octanol–water partition coefficient (Wildman–Crippen LogP) is 3.32. The van der Waals surface area contributed by atoms with E-state index in [1.807, 2.05) is 6.07 Å². The average molecular weight is 455 g/mol. The second kappa shape index (κ2) is 8.67. The van der Waals surface area contributed by atoms with Gasteiger partial charge < -0.3 is 4.90 Å². The van der Waals surface area contributed by atoms with Gasteiger partial charge in [-0.05, 0) is 48.2 Å². The number of rotatable bonds is 4. The van der Waals surface area contributed by atoms with Crippen LogP contribution in [-0.2, 0) is 10.0 Å². The fourth-order valence-electron chi connectivity index (χ4n) is 3.01. The van der Waals surface area contributed by atoms with Crippen molar-refractivity contribution in [2.75, 3.05) is 26.2 Å². The number of carbonyl (C=O) groups is 1. The minimum atomic E-state index is -4.52. The van der Waals surface area contributed by atoms with Gasteiger partial charge in [-0.3, -0.25) is 4.79 Å². The molecule has 0 aromatic heterocycles. The molecule has 1 aliphatic rings. The highest BCUT2D eigenvalue weighted by atomic mass is 32.2. The van der Waals surface area contributed by atoms with Crippen LogP contribution in [0.25, 0.3) is 0 Å². The molecule has 0 spiro atoms. The van der Waals surface area contributed by atoms with Crippen molar-refractivity contribution in [2.24, 2.45) is 0 Å². The van der Waals surface area contributed by atoms with Crippen molar-refractivity contribution in [3.63, 3.8) is 0 Å². The third kappa shape index (κ3) is 4.95. The molecule has 0 unspecified atom stereocenters. The lowest BCUT2D eigenvalue weighted by Gasteiger charge is -2.34. The van der Waals surface area contributed by atoms with Crippen LogP contribution in [0.15, 0.2) is 58.3 Å². The molecule has 0 saturated carbocycles. The van der Waals surface area contributed by atoms with Crippen LogP contribution in [0.3, 0.4) is 0 Å². The van der Waals surface area contributed by atoms with E-state index in [9.17, 15) is 26.4 Å². The monoisotopic (exact) mass is 455 g/mol. The number of hydrogen-bond acceptors (Lipinski definition) is 5. The third-order valence-electron chi connectivity index (χ3n) is 4.49. The number of piperazine rings is 1. The van der Waals surface area contributed by atoms with Gasteiger partial charge in [0.1, 0.15) is 0 Å². The summed E-state index contributed by atoms with van der Waals surface area (Å²) in [5.74, 6) is -0.572. The number of carbonyl (C=O) groups excluding carboxylic acids is 1. The quantitative estimate of drug-likeness (QED) is 0.661. The molecule has 1 aliphatic heterocycles. The summed E-state index contributed by atoms with van der Waals surface area (Å²) in [4.78, 5) is 13.9. The SMILES string of the molecule is N#Cc1ccc(S(=O)(=O)N2CCN(C(=O)c3ccccc3SC(F)(F)F)CC2)cc1. The smallest absolute Gasteiger partial charge is 0.336 e. The molecule has 0 N–H and O–H groups in total. The molecule has 3 rings (SSSR count). The first-order valence-electron chi connectivity index (χ1n) is 8.76. The van der Waals surface area contributed by atoms with Crippen LogP contribution in [-0.4, -0.2) is 55.2 Å². The van der Waals surface area contributed by atoms with Gasteiger partial charge in [0.15, 0.2) is 0 Å². The van der Waals surface area contributed by atoms with Gasteiger partial charge in [0, 0.05) is 31.1 Å². The first-order chi connectivity index (χ1) is 14.1. The van der Waals surface area contributed by atoms with Gasteiger partial charge in [0.25, 0.3) is 5.91 Å². The number of amides is 1. The molecule has 0 aliphatic carbocycles. The summed E-state index contributed by atoms with van der Waals surface area (Å²) in [6.45, 7) is 0.143. The van der Waals surface area contributed by atoms with E-state index in [0.717, 1.165) is 0 Å². The molecule has 11 heteroatoms. The van der Waals surface area contributed by atoms with Crippen molar-refractivity contribution >= 4 is 27.7 Å². The number of nitriles is 1. The Labute approximate surface area is 175 Å². The van der Waals surface area contributed by atoms with Crippen LogP contribution in [0.4, 0.5) is 13.2 Å². The number of sulfonamides is 1. The zero-order valence-electron chi connectivity index (χ0n) is 15.5. The summed E-state index contributed by atoms with van der Waals surface area (Å²) in [5.41, 5.74) is -4.26. The molecule has 0 atom stereocenters. The molecule has 2 aromatic carbocycles. The maximum absolute atomic E-state index is 12.8. The summed E-state index contributed by atoms with van der Waals surface area (Å²) in [7, 11) is -3.80. The van der Waals surface area contributed by atoms with Crippen molar-refractivity contribution in [1.82, 2.24) is 9.21 Å². The Morgan fingerprint density at radius 3 is 2.17 bits per heavy atom. The van der Waals surface area contributed by atoms with E-state index >= 15 is 0 Å². The average Bonchev–Trinajstić information content (AvgIpc) is 2.72. The minimum absolute atomic E-state index is 0.0165. The van der Waals surface area contributed by atoms with Gasteiger partial charge in [-0.2, -0.15) is 22.7 Å². The van der Waals surface area contributed by atoms with Gasteiger partial charge in [-0.25, -0.2) is 8.42 Å². The van der Waals surface area contributed by atoms with Gasteiger partial charge in [-0.1, -0.05) is 12.1 Å². The number of halogens is 3. The fraction of sp³-hybridized carbons (Fsp3) is 0.263. The number of thioether (sulfide) groups is 1. The summed E-state index contributed by atoms with van der Waals surface area (Å²) in [6.07, 6.45) is 0. The molecular weight excluding hydrogens is 439 g/mol. The largest absolute Gasteiger partial charge is 0.446 e. The number of nitrogens with zero attached hydrogens (tertiary/aromatic N) is 3. The van der Waals surface area contributed by atoms with Crippen molar-refractivity contribution in [1.29, 1.82) is 5.26 Å². The maximum Gasteiger partial charge on any atom is 0.446 e. The zero-order chi connectivity index (χ0) is 21.9. The van der Waals surface area contributed by atoms with E-state index in [-0.39, 0.29) is 53.3 Å². The number of alkyl halides is 3. The highest BCUT2D eigenvalue weighted by Gasteiger charge is 2.34. The summed E-state index contributed by atoms with van der Waals surface area (Å²) in [6, 6.07) is 12.9. The Morgan fingerprint density at radius 2 is 1.60 bits per heavy atom. The molecule has 0 bridgehead atoms. The van der Waals surface area contributed by atoms with Crippen molar-refractivity contribution < 1.29 is 26.4 Å². The lowest BCUT2D eigenvalue weighted by Crippen LogP contribution is -2.50. The van der Waals surface area contributed by atoms with Gasteiger partial charge in [-0.15, -0.1) is 0 Å². The standard InChI is InChI=1S/C19H16F3N3O3S2/c20-19(21,22)29-17-4-2-1-3-16(17)18(26)24-9-11-25(12-10-24)30(27,28)15-7-5-14(13-23)6-8-15/h1-8H,9-12H2. The van der Waals surface area contributed by atoms with Crippen LogP contribution in [0.5, 0.6) is 0 Å². The molecule has 158 valence electrons. The normalized spacial score (nSPS) is 15.6. The first-order valence-corrected chi connectivity index (χ1v) is 11.0. The van der Waals surface area contributed by atoms with Crippen LogP contribution in [0.1, 0.15) is 15.9 Å². The Bertz CT molecular complexity index is 1070. The van der Waals surface area contributed by atoms with Crippen LogP contribution in [0.2, 0.25) is 0 Å². The van der Waals surface area contributed by atoms with Gasteiger partial charge >= 0.3 is 5.51 Å². The Morgan fingerprint density at radius 1 is 1.00 bits per heavy atom. The topological polar surface area (TPSA) is 81.5 Å². The summed E-state index contributed by atoms with van der Waals surface area (Å²) in [5, 5.41) is 8.83. The maximum atomic E-state index is 12.8. The molecule has 2 aromatic rings. The lowest BCUT2D eigenvalue weighted by molar-refractivity contribution is -0.0328. The van der Waals surface area contributed by atoms with E-state index in [4.69, 9.17) is 5.26 Å². The van der Waals surface area contributed by atoms with Crippen LogP contribution < -0.4 is 0 Å². The molecule has 1 amide bonds. The molecule has 6 nitrogen and oxygen atoms in total. The highest BCUT2D eigenvalue weighted by Crippen LogP contribution is 2.38. The molecule has 1 fully saturated rings. The van der Waals surface area contributed by atoms with Crippen molar-refractivity contribution in [3.05, 3.63) is 59.7 Å². The third-order valence-corrected chi connectivity index (χ3v) is 7.21. The van der Waals surface area contributed by atoms with E-state index in [2.05, 4.69) is 0 Å². The Hall–Kier alpha value is -2.55. The summed E-state index contributed by atoms with van der Waals surface area (Å²) >= 11 is -0.352.